The monoisotopic (exact) mass is 291 g/mol. The zero-order valence-electron chi connectivity index (χ0n) is 12.9. The van der Waals surface area contributed by atoms with Crippen molar-refractivity contribution in [2.45, 2.75) is 44.9 Å². The number of nitrogens with zero attached hydrogens (tertiary/aromatic N) is 2. The summed E-state index contributed by atoms with van der Waals surface area (Å²) in [5.74, 6) is 0.821. The predicted molar refractivity (Wildman–Crippen MR) is 80.4 cm³/mol. The standard InChI is InChI=1S/C16H25N3O2/c1-21-11-8-12-6-9-19(10-7-12)16(20)15-13-4-2-3-5-14(13)17-18-15/h12H,2-11H2,1H3,(H,17,18). The molecule has 0 aromatic carbocycles. The first kappa shape index (κ1) is 14.6. The van der Waals surface area contributed by atoms with Gasteiger partial charge in [-0.05, 0) is 50.9 Å². The van der Waals surface area contributed by atoms with E-state index in [9.17, 15) is 4.79 Å². The highest BCUT2D eigenvalue weighted by molar-refractivity contribution is 5.94. The highest BCUT2D eigenvalue weighted by atomic mass is 16.5. The molecule has 0 radical (unpaired) electrons. The minimum absolute atomic E-state index is 0.125. The van der Waals surface area contributed by atoms with Gasteiger partial charge in [0.2, 0.25) is 0 Å². The number of amides is 1. The molecule has 1 amide bonds. The van der Waals surface area contributed by atoms with Gasteiger partial charge in [-0.15, -0.1) is 0 Å². The van der Waals surface area contributed by atoms with Crippen molar-refractivity contribution in [1.29, 1.82) is 0 Å². The SMILES string of the molecule is COCCC1CCN(C(=O)c2n[nH]c3c2CCCC3)CC1. The average Bonchev–Trinajstić information content (AvgIpc) is 2.97. The summed E-state index contributed by atoms with van der Waals surface area (Å²) in [6.45, 7) is 2.54. The normalized spacial score (nSPS) is 19.6. The molecular formula is C16H25N3O2. The summed E-state index contributed by atoms with van der Waals surface area (Å²) in [4.78, 5) is 14.7. The molecule has 2 heterocycles. The van der Waals surface area contributed by atoms with Crippen molar-refractivity contribution in [2.24, 2.45) is 5.92 Å². The van der Waals surface area contributed by atoms with E-state index in [0.717, 1.165) is 51.8 Å². The van der Waals surface area contributed by atoms with Gasteiger partial charge in [0.05, 0.1) is 0 Å². The molecule has 0 bridgehead atoms. The molecule has 1 aliphatic carbocycles. The summed E-state index contributed by atoms with van der Waals surface area (Å²) >= 11 is 0. The van der Waals surface area contributed by atoms with Crippen LogP contribution in [0.1, 0.15) is 53.8 Å². The number of rotatable bonds is 4. The number of piperidine rings is 1. The Morgan fingerprint density at radius 1 is 1.33 bits per heavy atom. The van der Waals surface area contributed by atoms with Crippen LogP contribution < -0.4 is 0 Å². The molecule has 21 heavy (non-hydrogen) atoms. The Labute approximate surface area is 126 Å². The third kappa shape index (κ3) is 3.12. The maximum atomic E-state index is 12.7. The van der Waals surface area contributed by atoms with Gasteiger partial charge in [0.25, 0.3) is 5.91 Å². The van der Waals surface area contributed by atoms with Gasteiger partial charge in [-0.25, -0.2) is 0 Å². The molecule has 1 aromatic heterocycles. The fraction of sp³-hybridized carbons (Fsp3) is 0.750. The van der Waals surface area contributed by atoms with Crippen molar-refractivity contribution in [3.05, 3.63) is 17.0 Å². The molecule has 0 unspecified atom stereocenters. The molecule has 0 spiro atoms. The number of hydrogen-bond donors (Lipinski definition) is 1. The molecule has 116 valence electrons. The first-order valence-corrected chi connectivity index (χ1v) is 8.14. The van der Waals surface area contributed by atoms with Crippen LogP contribution in [0, 0.1) is 5.92 Å². The van der Waals surface area contributed by atoms with Gasteiger partial charge < -0.3 is 9.64 Å². The minimum Gasteiger partial charge on any atom is -0.385 e. The number of likely N-dealkylation sites (tertiary alicyclic amines) is 1. The summed E-state index contributed by atoms with van der Waals surface area (Å²) in [6.07, 6.45) is 7.69. The van der Waals surface area contributed by atoms with Gasteiger partial charge in [-0.2, -0.15) is 5.10 Å². The zero-order chi connectivity index (χ0) is 14.7. The Bertz CT molecular complexity index is 490. The number of nitrogens with one attached hydrogen (secondary N) is 1. The number of methoxy groups -OCH3 is 1. The van der Waals surface area contributed by atoms with Crippen LogP contribution >= 0.6 is 0 Å². The van der Waals surface area contributed by atoms with Crippen LogP contribution in [0.3, 0.4) is 0 Å². The Hall–Kier alpha value is -1.36. The van der Waals surface area contributed by atoms with Gasteiger partial charge in [0.1, 0.15) is 0 Å². The summed E-state index contributed by atoms with van der Waals surface area (Å²) in [6, 6.07) is 0. The second kappa shape index (κ2) is 6.60. The molecule has 5 nitrogen and oxygen atoms in total. The number of carbonyl (C=O) groups is 1. The second-order valence-electron chi connectivity index (χ2n) is 6.25. The third-order valence-corrected chi connectivity index (χ3v) is 4.89. The van der Waals surface area contributed by atoms with Crippen LogP contribution in [0.2, 0.25) is 0 Å². The lowest BCUT2D eigenvalue weighted by Gasteiger charge is -2.31. The summed E-state index contributed by atoms with van der Waals surface area (Å²) in [5.41, 5.74) is 3.03. The first-order chi connectivity index (χ1) is 10.3. The van der Waals surface area contributed by atoms with Gasteiger partial charge in [0.15, 0.2) is 5.69 Å². The second-order valence-corrected chi connectivity index (χ2v) is 6.25. The molecule has 1 saturated heterocycles. The maximum Gasteiger partial charge on any atom is 0.274 e. The van der Waals surface area contributed by atoms with Crippen LogP contribution in [0.5, 0.6) is 0 Å². The Morgan fingerprint density at radius 2 is 2.10 bits per heavy atom. The number of fused-ring (bicyclic) bond motifs is 1. The van der Waals surface area contributed by atoms with E-state index in [4.69, 9.17) is 4.74 Å². The van der Waals surface area contributed by atoms with Crippen LogP contribution in [0.15, 0.2) is 0 Å². The van der Waals surface area contributed by atoms with Crippen LogP contribution in [-0.2, 0) is 17.6 Å². The lowest BCUT2D eigenvalue weighted by atomic mass is 9.92. The predicted octanol–water partition coefficient (Wildman–Crippen LogP) is 2.18. The molecular weight excluding hydrogens is 266 g/mol. The average molecular weight is 291 g/mol. The van der Waals surface area contributed by atoms with E-state index < -0.39 is 0 Å². The lowest BCUT2D eigenvalue weighted by Crippen LogP contribution is -2.39. The number of aromatic nitrogens is 2. The third-order valence-electron chi connectivity index (χ3n) is 4.89. The Morgan fingerprint density at radius 3 is 2.86 bits per heavy atom. The lowest BCUT2D eigenvalue weighted by molar-refractivity contribution is 0.0662. The van der Waals surface area contributed by atoms with Gasteiger partial charge in [-0.3, -0.25) is 9.89 Å². The number of carbonyl (C=O) groups excluding carboxylic acids is 1. The molecule has 1 fully saturated rings. The van der Waals surface area contributed by atoms with E-state index in [2.05, 4.69) is 10.2 Å². The van der Waals surface area contributed by atoms with Crippen molar-refractivity contribution in [3.8, 4) is 0 Å². The van der Waals surface area contributed by atoms with E-state index in [1.807, 2.05) is 4.90 Å². The highest BCUT2D eigenvalue weighted by Gasteiger charge is 2.28. The Kier molecular flexibility index (Phi) is 4.58. The fourth-order valence-electron chi connectivity index (χ4n) is 3.52. The molecule has 1 N–H and O–H groups in total. The highest BCUT2D eigenvalue weighted by Crippen LogP contribution is 2.25. The molecule has 1 aliphatic heterocycles. The van der Waals surface area contributed by atoms with Crippen molar-refractivity contribution >= 4 is 5.91 Å². The number of H-pyrrole nitrogens is 1. The van der Waals surface area contributed by atoms with Gasteiger partial charge in [0, 0.05) is 38.1 Å². The Balaban J connectivity index is 1.60. The number of aromatic amines is 1. The van der Waals surface area contributed by atoms with Gasteiger partial charge >= 0.3 is 0 Å². The minimum atomic E-state index is 0.125. The van der Waals surface area contributed by atoms with E-state index in [1.54, 1.807) is 7.11 Å². The van der Waals surface area contributed by atoms with Gasteiger partial charge in [-0.1, -0.05) is 0 Å². The molecule has 1 aromatic rings. The number of aryl methyl sites for hydroxylation is 1. The van der Waals surface area contributed by atoms with Crippen LogP contribution in [0.4, 0.5) is 0 Å². The summed E-state index contributed by atoms with van der Waals surface area (Å²) in [5, 5.41) is 7.37. The quantitative estimate of drug-likeness (QED) is 0.925. The summed E-state index contributed by atoms with van der Waals surface area (Å²) < 4.78 is 5.15. The van der Waals surface area contributed by atoms with E-state index in [-0.39, 0.29) is 5.91 Å². The molecule has 3 rings (SSSR count). The van der Waals surface area contributed by atoms with Crippen molar-refractivity contribution in [3.63, 3.8) is 0 Å². The van der Waals surface area contributed by atoms with Crippen molar-refractivity contribution in [2.75, 3.05) is 26.8 Å². The number of hydrogen-bond acceptors (Lipinski definition) is 3. The molecule has 2 aliphatic rings. The van der Waals surface area contributed by atoms with E-state index in [0.29, 0.717) is 11.6 Å². The zero-order valence-corrected chi connectivity index (χ0v) is 12.9. The largest absolute Gasteiger partial charge is 0.385 e. The molecule has 5 heteroatoms. The van der Waals surface area contributed by atoms with E-state index >= 15 is 0 Å². The molecule has 0 saturated carbocycles. The molecule has 0 atom stereocenters. The van der Waals surface area contributed by atoms with Crippen molar-refractivity contribution < 1.29 is 9.53 Å². The smallest absolute Gasteiger partial charge is 0.274 e. The first-order valence-electron chi connectivity index (χ1n) is 8.14. The number of ether oxygens (including phenoxy) is 1. The fourth-order valence-corrected chi connectivity index (χ4v) is 3.52. The van der Waals surface area contributed by atoms with Crippen molar-refractivity contribution in [1.82, 2.24) is 15.1 Å². The summed E-state index contributed by atoms with van der Waals surface area (Å²) in [7, 11) is 1.75. The maximum absolute atomic E-state index is 12.7. The topological polar surface area (TPSA) is 58.2 Å². The van der Waals surface area contributed by atoms with E-state index in [1.165, 1.54) is 24.1 Å². The van der Waals surface area contributed by atoms with Crippen LogP contribution in [0.25, 0.3) is 0 Å². The van der Waals surface area contributed by atoms with Crippen LogP contribution in [-0.4, -0.2) is 47.8 Å².